The summed E-state index contributed by atoms with van der Waals surface area (Å²) in [5, 5.41) is 2.73. The van der Waals surface area contributed by atoms with Crippen LogP contribution in [0.5, 0.6) is 0 Å². The number of ether oxygens (including phenoxy) is 1. The molecule has 0 aromatic rings. The van der Waals surface area contributed by atoms with E-state index in [9.17, 15) is 24.0 Å². The zero-order valence-corrected chi connectivity index (χ0v) is 20.3. The minimum absolute atomic E-state index is 0.00128. The van der Waals surface area contributed by atoms with Crippen molar-refractivity contribution in [3.8, 4) is 0 Å². The molecule has 3 amide bonds. The van der Waals surface area contributed by atoms with Gasteiger partial charge in [-0.2, -0.15) is 0 Å². The number of Topliss-reactive ketones (excluding diaryl/α,β-unsaturated/α-hetero) is 1. The first kappa shape index (κ1) is 27.5. The third kappa shape index (κ3) is 11.2. The van der Waals surface area contributed by atoms with Crippen molar-refractivity contribution in [1.82, 2.24) is 10.2 Å². The van der Waals surface area contributed by atoms with Crippen LogP contribution in [-0.2, 0) is 28.7 Å². The average Bonchev–Trinajstić information content (AvgIpc) is 2.93. The molecule has 32 heavy (non-hydrogen) atoms. The lowest BCUT2D eigenvalue weighted by molar-refractivity contribution is -0.159. The predicted octanol–water partition coefficient (Wildman–Crippen LogP) is 3.08. The number of carbonyl (C=O) groups is 5. The lowest BCUT2D eigenvalue weighted by atomic mass is 9.91. The van der Waals surface area contributed by atoms with E-state index < -0.39 is 17.6 Å². The van der Waals surface area contributed by atoms with Crippen molar-refractivity contribution in [3.05, 3.63) is 12.2 Å². The van der Waals surface area contributed by atoms with E-state index >= 15 is 0 Å². The van der Waals surface area contributed by atoms with Gasteiger partial charge in [0.05, 0.1) is 0 Å². The number of esters is 1. The lowest BCUT2D eigenvalue weighted by Crippen LogP contribution is -2.45. The number of nitrogens with one attached hydrogen (secondary N) is 1. The molecule has 0 saturated heterocycles. The van der Waals surface area contributed by atoms with Crippen LogP contribution in [0.25, 0.3) is 0 Å². The second-order valence-corrected chi connectivity index (χ2v) is 10.4. The first-order valence-corrected chi connectivity index (χ1v) is 11.3. The van der Waals surface area contributed by atoms with Crippen LogP contribution in [0.1, 0.15) is 86.5 Å². The SMILES string of the molecule is CC(C)(C)CC(=O)N[C@@H](CCC(=O)CCCCCN1C(=O)C=CC1=O)C(=O)OC(C)(C)C. The van der Waals surface area contributed by atoms with Gasteiger partial charge in [0.2, 0.25) is 5.91 Å². The Kier molecular flexibility index (Phi) is 10.3. The molecule has 1 aliphatic heterocycles. The van der Waals surface area contributed by atoms with Crippen LogP contribution in [0.4, 0.5) is 0 Å². The van der Waals surface area contributed by atoms with Crippen molar-refractivity contribution in [2.24, 2.45) is 5.41 Å². The summed E-state index contributed by atoms with van der Waals surface area (Å²) in [6.07, 6.45) is 5.45. The smallest absolute Gasteiger partial charge is 0.329 e. The normalized spacial score (nSPS) is 15.1. The van der Waals surface area contributed by atoms with Gasteiger partial charge >= 0.3 is 5.97 Å². The summed E-state index contributed by atoms with van der Waals surface area (Å²) in [5.74, 6) is -1.39. The number of nitrogens with zero attached hydrogens (tertiary/aromatic N) is 1. The van der Waals surface area contributed by atoms with Crippen LogP contribution in [0.15, 0.2) is 12.2 Å². The minimum atomic E-state index is -0.868. The molecule has 8 nitrogen and oxygen atoms in total. The third-order valence-corrected chi connectivity index (χ3v) is 4.67. The molecule has 0 bridgehead atoms. The lowest BCUT2D eigenvalue weighted by Gasteiger charge is -2.25. The average molecular weight is 451 g/mol. The first-order valence-electron chi connectivity index (χ1n) is 11.3. The molecule has 1 N–H and O–H groups in total. The molecular formula is C24H38N2O6. The van der Waals surface area contributed by atoms with Crippen LogP contribution in [0.2, 0.25) is 0 Å². The number of imide groups is 1. The summed E-state index contributed by atoms with van der Waals surface area (Å²) >= 11 is 0. The molecule has 1 rings (SSSR count). The van der Waals surface area contributed by atoms with Crippen molar-refractivity contribution in [2.75, 3.05) is 6.54 Å². The highest BCUT2D eigenvalue weighted by Crippen LogP contribution is 2.19. The highest BCUT2D eigenvalue weighted by Gasteiger charge is 2.28. The van der Waals surface area contributed by atoms with Gasteiger partial charge in [-0.1, -0.05) is 27.2 Å². The maximum atomic E-state index is 12.5. The van der Waals surface area contributed by atoms with Crippen molar-refractivity contribution in [2.45, 2.75) is 98.1 Å². The quantitative estimate of drug-likeness (QED) is 0.278. The Morgan fingerprint density at radius 3 is 2.06 bits per heavy atom. The Bertz CT molecular complexity index is 725. The number of rotatable bonds is 12. The summed E-state index contributed by atoms with van der Waals surface area (Å²) < 4.78 is 5.41. The molecule has 1 atom stereocenters. The summed E-state index contributed by atoms with van der Waals surface area (Å²) in [6, 6.07) is -0.868. The third-order valence-electron chi connectivity index (χ3n) is 4.67. The number of ketones is 1. The first-order chi connectivity index (χ1) is 14.7. The van der Waals surface area contributed by atoms with Crippen LogP contribution in [0, 0.1) is 5.41 Å². The van der Waals surface area contributed by atoms with Gasteiger partial charge in [0.15, 0.2) is 0 Å². The van der Waals surface area contributed by atoms with Gasteiger partial charge in [-0.05, 0) is 45.4 Å². The van der Waals surface area contributed by atoms with E-state index in [0.29, 0.717) is 32.2 Å². The Morgan fingerprint density at radius 2 is 1.53 bits per heavy atom. The van der Waals surface area contributed by atoms with E-state index in [1.54, 1.807) is 20.8 Å². The second-order valence-electron chi connectivity index (χ2n) is 10.4. The van der Waals surface area contributed by atoms with Gasteiger partial charge in [0.25, 0.3) is 11.8 Å². The topological polar surface area (TPSA) is 110 Å². The molecule has 0 aliphatic carbocycles. The summed E-state index contributed by atoms with van der Waals surface area (Å²) in [6.45, 7) is 11.4. The fraction of sp³-hybridized carbons (Fsp3) is 0.708. The van der Waals surface area contributed by atoms with Crippen molar-refractivity contribution in [1.29, 1.82) is 0 Å². The van der Waals surface area contributed by atoms with Crippen LogP contribution in [0.3, 0.4) is 0 Å². The van der Waals surface area contributed by atoms with Crippen LogP contribution >= 0.6 is 0 Å². The molecule has 0 aromatic heterocycles. The summed E-state index contributed by atoms with van der Waals surface area (Å²) in [4.78, 5) is 61.3. The number of hydrogen-bond donors (Lipinski definition) is 1. The fourth-order valence-corrected chi connectivity index (χ4v) is 3.20. The molecule has 0 radical (unpaired) electrons. The van der Waals surface area contributed by atoms with Gasteiger partial charge in [-0.3, -0.25) is 24.1 Å². The maximum Gasteiger partial charge on any atom is 0.329 e. The second kappa shape index (κ2) is 11.9. The number of hydrogen-bond acceptors (Lipinski definition) is 6. The van der Waals surface area contributed by atoms with Gasteiger partial charge in [-0.15, -0.1) is 0 Å². The summed E-state index contributed by atoms with van der Waals surface area (Å²) in [7, 11) is 0. The molecule has 0 saturated carbocycles. The van der Waals surface area contributed by atoms with Crippen molar-refractivity contribution >= 4 is 29.5 Å². The van der Waals surface area contributed by atoms with E-state index in [-0.39, 0.29) is 48.2 Å². The Balaban J connectivity index is 2.45. The Morgan fingerprint density at radius 1 is 0.938 bits per heavy atom. The van der Waals surface area contributed by atoms with Crippen LogP contribution in [-0.4, -0.2) is 52.6 Å². The molecule has 1 heterocycles. The Labute approximate surface area is 191 Å². The van der Waals surface area contributed by atoms with E-state index in [1.165, 1.54) is 17.1 Å². The maximum absolute atomic E-state index is 12.5. The van der Waals surface area contributed by atoms with Crippen molar-refractivity contribution in [3.63, 3.8) is 0 Å². The van der Waals surface area contributed by atoms with Gasteiger partial charge in [0, 0.05) is 38.0 Å². The van der Waals surface area contributed by atoms with E-state index in [4.69, 9.17) is 4.74 Å². The number of carbonyl (C=O) groups excluding carboxylic acids is 5. The van der Waals surface area contributed by atoms with Crippen molar-refractivity contribution < 1.29 is 28.7 Å². The molecule has 1 aliphatic rings. The number of amides is 3. The standard InChI is InChI=1S/C24H38N2O6/c1-23(2,3)16-19(28)25-18(22(31)32-24(4,5)6)12-11-17(27)10-8-7-9-15-26-20(29)13-14-21(26)30/h13-14,18H,7-12,15-16H2,1-6H3,(H,25,28)/t18-/m0/s1. The fourth-order valence-electron chi connectivity index (χ4n) is 3.20. The molecule has 8 heteroatoms. The zero-order valence-electron chi connectivity index (χ0n) is 20.3. The largest absolute Gasteiger partial charge is 0.458 e. The molecule has 0 unspecified atom stereocenters. The van der Waals surface area contributed by atoms with Crippen LogP contribution < -0.4 is 5.32 Å². The molecular weight excluding hydrogens is 412 g/mol. The van der Waals surface area contributed by atoms with Gasteiger partial charge in [-0.25, -0.2) is 4.79 Å². The Hall–Kier alpha value is -2.51. The highest BCUT2D eigenvalue weighted by atomic mass is 16.6. The molecule has 0 spiro atoms. The molecule has 0 aromatic carbocycles. The molecule has 180 valence electrons. The monoisotopic (exact) mass is 450 g/mol. The highest BCUT2D eigenvalue weighted by molar-refractivity contribution is 6.12. The van der Waals surface area contributed by atoms with E-state index in [1.807, 2.05) is 20.8 Å². The zero-order chi connectivity index (χ0) is 24.5. The van der Waals surface area contributed by atoms with Gasteiger partial charge in [0.1, 0.15) is 17.4 Å². The summed E-state index contributed by atoms with van der Waals surface area (Å²) in [5.41, 5.74) is -0.916. The minimum Gasteiger partial charge on any atom is -0.458 e. The molecule has 0 fully saturated rings. The van der Waals surface area contributed by atoms with Gasteiger partial charge < -0.3 is 10.1 Å². The number of unbranched alkanes of at least 4 members (excludes halogenated alkanes) is 2. The van der Waals surface area contributed by atoms with E-state index in [2.05, 4.69) is 5.32 Å². The van der Waals surface area contributed by atoms with E-state index in [0.717, 1.165) is 0 Å². The predicted molar refractivity (Wildman–Crippen MR) is 120 cm³/mol.